The van der Waals surface area contributed by atoms with Crippen LogP contribution in [0.4, 0.5) is 4.79 Å². The van der Waals surface area contributed by atoms with Gasteiger partial charge in [0.1, 0.15) is 12.4 Å². The summed E-state index contributed by atoms with van der Waals surface area (Å²) in [5.74, 6) is -2.71. The van der Waals surface area contributed by atoms with E-state index >= 15 is 0 Å². The number of hydrogen-bond donors (Lipinski definition) is 2. The summed E-state index contributed by atoms with van der Waals surface area (Å²) in [6.07, 6.45) is 4.12. The summed E-state index contributed by atoms with van der Waals surface area (Å²) in [6, 6.07) is 16.1. The predicted molar refractivity (Wildman–Crippen MR) is 136 cm³/mol. The highest BCUT2D eigenvalue weighted by Gasteiger charge is 2.69. The zero-order valence-electron chi connectivity index (χ0n) is 21.1. The number of carbonyl (C=O) groups is 3. The van der Waals surface area contributed by atoms with Crippen molar-refractivity contribution in [2.45, 2.75) is 38.8 Å². The van der Waals surface area contributed by atoms with Crippen molar-refractivity contribution in [1.29, 1.82) is 0 Å². The standard InChI is InChI=1S/C29H33NO7/c1-3-35-26(32)25-22-16-21(15-14-20-12-8-9-13-24(20)31)23(17-22)29(25,27(33)36-4-2)30-28(34)37-18-19-10-6-5-7-11-19/h5-15,21-23,25,31H,3-4,16-18H2,1-2H3,(H,30,34)/b15-14+/t21-,22-,23-,25+,29-/m1/s1. The Morgan fingerprint density at radius 1 is 0.973 bits per heavy atom. The Balaban J connectivity index is 1.65. The number of rotatable bonds is 9. The molecule has 8 heteroatoms. The van der Waals surface area contributed by atoms with Gasteiger partial charge in [0.2, 0.25) is 0 Å². The van der Waals surface area contributed by atoms with Gasteiger partial charge in [0, 0.05) is 11.5 Å². The molecule has 2 N–H and O–H groups in total. The number of nitrogens with one attached hydrogen (secondary N) is 1. The molecule has 2 aliphatic rings. The summed E-state index contributed by atoms with van der Waals surface area (Å²) in [5.41, 5.74) is -0.197. The van der Waals surface area contributed by atoms with Gasteiger partial charge < -0.3 is 24.6 Å². The molecule has 2 aromatic carbocycles. The van der Waals surface area contributed by atoms with E-state index < -0.39 is 35.4 Å². The summed E-state index contributed by atoms with van der Waals surface area (Å²) >= 11 is 0. The predicted octanol–water partition coefficient (Wildman–Crippen LogP) is 4.47. The normalized spacial score (nSPS) is 26.1. The number of esters is 2. The Labute approximate surface area is 216 Å². The molecule has 0 aliphatic heterocycles. The second kappa shape index (κ2) is 11.5. The Bertz CT molecular complexity index is 1150. The summed E-state index contributed by atoms with van der Waals surface area (Å²) in [4.78, 5) is 39.8. The van der Waals surface area contributed by atoms with Crippen molar-refractivity contribution < 1.29 is 33.7 Å². The molecule has 8 nitrogen and oxygen atoms in total. The molecule has 0 saturated heterocycles. The molecular formula is C29H33NO7. The maximum Gasteiger partial charge on any atom is 0.408 e. The first-order valence-corrected chi connectivity index (χ1v) is 12.7. The molecule has 0 aromatic heterocycles. The number of phenolic OH excluding ortho intramolecular Hbond substituents is 1. The molecule has 0 heterocycles. The van der Waals surface area contributed by atoms with Gasteiger partial charge in [-0.2, -0.15) is 0 Å². The summed E-state index contributed by atoms with van der Waals surface area (Å²) in [6.45, 7) is 3.64. The van der Waals surface area contributed by atoms with Crippen LogP contribution in [0.15, 0.2) is 60.7 Å². The van der Waals surface area contributed by atoms with Gasteiger partial charge >= 0.3 is 18.0 Å². The third-order valence-corrected chi connectivity index (χ3v) is 7.33. The first kappa shape index (κ1) is 26.3. The third-order valence-electron chi connectivity index (χ3n) is 7.33. The maximum absolute atomic E-state index is 13.6. The van der Waals surface area contributed by atoms with Crippen LogP contribution in [0.3, 0.4) is 0 Å². The fourth-order valence-electron chi connectivity index (χ4n) is 5.87. The number of para-hydroxylation sites is 1. The quantitative estimate of drug-likeness (QED) is 0.381. The van der Waals surface area contributed by atoms with E-state index in [0.29, 0.717) is 18.4 Å². The highest BCUT2D eigenvalue weighted by Crippen LogP contribution is 2.59. The number of ether oxygens (including phenoxy) is 3. The van der Waals surface area contributed by atoms with E-state index in [1.807, 2.05) is 48.6 Å². The van der Waals surface area contributed by atoms with Gasteiger partial charge in [-0.1, -0.05) is 60.7 Å². The topological polar surface area (TPSA) is 111 Å². The van der Waals surface area contributed by atoms with Crippen molar-refractivity contribution in [2.24, 2.45) is 23.7 Å². The van der Waals surface area contributed by atoms with Crippen LogP contribution in [0.5, 0.6) is 5.75 Å². The number of aromatic hydroxyl groups is 1. The van der Waals surface area contributed by atoms with Crippen molar-refractivity contribution in [3.63, 3.8) is 0 Å². The van der Waals surface area contributed by atoms with Crippen molar-refractivity contribution in [1.82, 2.24) is 5.32 Å². The van der Waals surface area contributed by atoms with E-state index in [1.165, 1.54) is 0 Å². The lowest BCUT2D eigenvalue weighted by atomic mass is 9.67. The van der Waals surface area contributed by atoms with Gasteiger partial charge in [0.05, 0.1) is 19.1 Å². The molecule has 0 unspecified atom stereocenters. The molecule has 2 fully saturated rings. The first-order chi connectivity index (χ1) is 17.9. The average Bonchev–Trinajstić information content (AvgIpc) is 3.45. The van der Waals surface area contributed by atoms with Crippen LogP contribution in [-0.4, -0.2) is 41.9 Å². The summed E-state index contributed by atoms with van der Waals surface area (Å²) < 4.78 is 16.3. The molecule has 2 bridgehead atoms. The molecule has 2 saturated carbocycles. The Kier molecular flexibility index (Phi) is 8.16. The van der Waals surface area contributed by atoms with Gasteiger partial charge in [0.15, 0.2) is 5.54 Å². The van der Waals surface area contributed by atoms with Gasteiger partial charge in [-0.15, -0.1) is 0 Å². The van der Waals surface area contributed by atoms with Crippen LogP contribution < -0.4 is 5.32 Å². The minimum atomic E-state index is -1.63. The highest BCUT2D eigenvalue weighted by atomic mass is 16.6. The van der Waals surface area contributed by atoms with E-state index in [0.717, 1.165) is 5.56 Å². The van der Waals surface area contributed by atoms with Gasteiger partial charge in [-0.25, -0.2) is 9.59 Å². The fourth-order valence-corrected chi connectivity index (χ4v) is 5.87. The molecule has 196 valence electrons. The SMILES string of the molecule is CCOC(=O)[C@@H]1[C@@H]2C[C@@H](/C=C/c3ccccc3O)[C@@H](C2)[C@]1(NC(=O)OCc1ccccc1)C(=O)OCC. The lowest BCUT2D eigenvalue weighted by molar-refractivity contribution is -0.168. The van der Waals surface area contributed by atoms with Crippen LogP contribution in [0, 0.1) is 23.7 Å². The molecule has 0 spiro atoms. The zero-order valence-corrected chi connectivity index (χ0v) is 21.1. The molecule has 4 rings (SSSR count). The molecule has 1 amide bonds. The Morgan fingerprint density at radius 2 is 1.68 bits per heavy atom. The van der Waals surface area contributed by atoms with Crippen LogP contribution in [0.25, 0.3) is 6.08 Å². The van der Waals surface area contributed by atoms with E-state index in [1.54, 1.807) is 32.0 Å². The van der Waals surface area contributed by atoms with Crippen molar-refractivity contribution >= 4 is 24.1 Å². The van der Waals surface area contributed by atoms with E-state index in [4.69, 9.17) is 14.2 Å². The number of hydrogen-bond acceptors (Lipinski definition) is 7. The highest BCUT2D eigenvalue weighted by molar-refractivity contribution is 5.94. The van der Waals surface area contributed by atoms with Crippen LogP contribution >= 0.6 is 0 Å². The largest absolute Gasteiger partial charge is 0.507 e. The second-order valence-corrected chi connectivity index (χ2v) is 9.43. The first-order valence-electron chi connectivity index (χ1n) is 12.7. The number of alkyl carbamates (subject to hydrolysis) is 1. The van der Waals surface area contributed by atoms with E-state index in [-0.39, 0.29) is 37.4 Å². The molecule has 0 radical (unpaired) electrons. The lowest BCUT2D eigenvalue weighted by Gasteiger charge is -2.43. The van der Waals surface area contributed by atoms with Crippen molar-refractivity contribution in [3.05, 3.63) is 71.8 Å². The van der Waals surface area contributed by atoms with Gasteiger partial charge in [-0.3, -0.25) is 4.79 Å². The number of allylic oxidation sites excluding steroid dienone is 1. The molecule has 2 aromatic rings. The minimum Gasteiger partial charge on any atom is -0.507 e. The van der Waals surface area contributed by atoms with E-state index in [9.17, 15) is 19.5 Å². The van der Waals surface area contributed by atoms with Crippen LogP contribution in [-0.2, 0) is 30.4 Å². The number of phenols is 1. The summed E-state index contributed by atoms with van der Waals surface area (Å²) in [5, 5.41) is 13.0. The number of fused-ring (bicyclic) bond motifs is 2. The van der Waals surface area contributed by atoms with E-state index in [2.05, 4.69) is 5.32 Å². The third kappa shape index (κ3) is 5.33. The maximum atomic E-state index is 13.6. The second-order valence-electron chi connectivity index (χ2n) is 9.43. The van der Waals surface area contributed by atoms with Crippen molar-refractivity contribution in [3.8, 4) is 5.75 Å². The number of amides is 1. The van der Waals surface area contributed by atoms with Crippen LogP contribution in [0.1, 0.15) is 37.8 Å². The number of carbonyl (C=O) groups excluding carboxylic acids is 3. The van der Waals surface area contributed by atoms with Crippen molar-refractivity contribution in [2.75, 3.05) is 13.2 Å². The zero-order chi connectivity index (χ0) is 26.4. The molecule has 5 atom stereocenters. The Morgan fingerprint density at radius 3 is 2.38 bits per heavy atom. The van der Waals surface area contributed by atoms with Gasteiger partial charge in [-0.05, 0) is 50.2 Å². The van der Waals surface area contributed by atoms with Crippen LogP contribution in [0.2, 0.25) is 0 Å². The average molecular weight is 508 g/mol. The monoisotopic (exact) mass is 507 g/mol. The number of benzene rings is 2. The lowest BCUT2D eigenvalue weighted by Crippen LogP contribution is -2.66. The molecule has 2 aliphatic carbocycles. The summed E-state index contributed by atoms with van der Waals surface area (Å²) in [7, 11) is 0. The molecular weight excluding hydrogens is 474 g/mol. The minimum absolute atomic E-state index is 0.0142. The fraction of sp³-hybridized carbons (Fsp3) is 0.414. The smallest absolute Gasteiger partial charge is 0.408 e. The molecule has 37 heavy (non-hydrogen) atoms. The Hall–Kier alpha value is -3.81. The van der Waals surface area contributed by atoms with Gasteiger partial charge in [0.25, 0.3) is 0 Å².